The standard InChI is InChI=1S/C23H22N4O3/c1-3-19-18(21(28)27(25-19)17-7-5-4-6-8-17)13-20-22(29)26(23(30)24-20)14-16-11-9-15(2)10-12-16/h4-13,25H,3,14H2,1-2H3,(H,24,30)/b20-13-. The van der Waals surface area contributed by atoms with Gasteiger partial charge in [0.15, 0.2) is 0 Å². The number of imide groups is 1. The first-order valence-corrected chi connectivity index (χ1v) is 9.77. The summed E-state index contributed by atoms with van der Waals surface area (Å²) in [6.45, 7) is 4.06. The molecule has 1 fully saturated rings. The van der Waals surface area contributed by atoms with Gasteiger partial charge in [-0.2, -0.15) is 0 Å². The van der Waals surface area contributed by atoms with E-state index in [9.17, 15) is 14.4 Å². The van der Waals surface area contributed by atoms with Gasteiger partial charge in [0.1, 0.15) is 5.70 Å². The molecule has 7 heteroatoms. The quantitative estimate of drug-likeness (QED) is 0.508. The highest BCUT2D eigenvalue weighted by molar-refractivity contribution is 6.13. The van der Waals surface area contributed by atoms with Crippen LogP contribution in [0, 0.1) is 6.92 Å². The zero-order chi connectivity index (χ0) is 21.3. The van der Waals surface area contributed by atoms with Gasteiger partial charge in [0.2, 0.25) is 0 Å². The van der Waals surface area contributed by atoms with E-state index in [-0.39, 0.29) is 17.8 Å². The van der Waals surface area contributed by atoms with E-state index in [0.717, 1.165) is 16.0 Å². The summed E-state index contributed by atoms with van der Waals surface area (Å²) >= 11 is 0. The van der Waals surface area contributed by atoms with Gasteiger partial charge >= 0.3 is 6.03 Å². The van der Waals surface area contributed by atoms with Crippen LogP contribution >= 0.6 is 0 Å². The minimum atomic E-state index is -0.496. The number of benzene rings is 2. The molecule has 7 nitrogen and oxygen atoms in total. The summed E-state index contributed by atoms with van der Waals surface area (Å²) in [5.74, 6) is -0.450. The van der Waals surface area contributed by atoms with Gasteiger partial charge in [0, 0.05) is 5.69 Å². The maximum Gasteiger partial charge on any atom is 0.329 e. The zero-order valence-electron chi connectivity index (χ0n) is 16.8. The number of aromatic nitrogens is 2. The van der Waals surface area contributed by atoms with Gasteiger partial charge in [-0.05, 0) is 37.1 Å². The number of aromatic amines is 1. The fourth-order valence-electron chi connectivity index (χ4n) is 3.41. The molecule has 1 aliphatic rings. The van der Waals surface area contributed by atoms with E-state index in [1.165, 1.54) is 10.8 Å². The second-order valence-electron chi connectivity index (χ2n) is 7.20. The highest BCUT2D eigenvalue weighted by Gasteiger charge is 2.34. The van der Waals surface area contributed by atoms with Crippen molar-refractivity contribution in [2.45, 2.75) is 26.8 Å². The maximum atomic E-state index is 13.0. The Labute approximate surface area is 173 Å². The van der Waals surface area contributed by atoms with E-state index in [0.29, 0.717) is 23.4 Å². The largest absolute Gasteiger partial charge is 0.329 e. The number of carbonyl (C=O) groups excluding carboxylic acids is 2. The monoisotopic (exact) mass is 402 g/mol. The fraction of sp³-hybridized carbons (Fsp3) is 0.174. The van der Waals surface area contributed by atoms with Crippen molar-refractivity contribution in [3.05, 3.63) is 93.0 Å². The molecule has 4 rings (SSSR count). The number of urea groups is 1. The molecule has 1 aromatic heterocycles. The Balaban J connectivity index is 1.66. The fourth-order valence-corrected chi connectivity index (χ4v) is 3.41. The van der Waals surface area contributed by atoms with Gasteiger partial charge in [-0.3, -0.25) is 19.6 Å². The van der Waals surface area contributed by atoms with Crippen molar-refractivity contribution in [1.82, 2.24) is 20.0 Å². The summed E-state index contributed by atoms with van der Waals surface area (Å²) in [4.78, 5) is 39.3. The van der Waals surface area contributed by atoms with Crippen LogP contribution in [0.2, 0.25) is 0 Å². The maximum absolute atomic E-state index is 13.0. The van der Waals surface area contributed by atoms with E-state index in [1.54, 1.807) is 0 Å². The Morgan fingerprint density at radius 3 is 2.33 bits per heavy atom. The van der Waals surface area contributed by atoms with Gasteiger partial charge in [0.25, 0.3) is 11.5 Å². The van der Waals surface area contributed by atoms with Gasteiger partial charge in [-0.1, -0.05) is 55.0 Å². The zero-order valence-corrected chi connectivity index (χ0v) is 16.8. The van der Waals surface area contributed by atoms with Gasteiger partial charge in [-0.25, -0.2) is 9.48 Å². The number of H-pyrrole nitrogens is 1. The second kappa shape index (κ2) is 7.87. The van der Waals surface area contributed by atoms with Crippen LogP contribution in [0.4, 0.5) is 4.79 Å². The van der Waals surface area contributed by atoms with Crippen LogP contribution in [0.1, 0.15) is 29.3 Å². The number of hydrogen-bond acceptors (Lipinski definition) is 3. The van der Waals surface area contributed by atoms with Crippen molar-refractivity contribution in [3.8, 4) is 5.69 Å². The Morgan fingerprint density at radius 1 is 0.967 bits per heavy atom. The van der Waals surface area contributed by atoms with E-state index in [2.05, 4.69) is 10.4 Å². The number of amides is 3. The van der Waals surface area contributed by atoms with Gasteiger partial charge in [-0.15, -0.1) is 0 Å². The molecule has 3 aromatic rings. The molecule has 0 saturated carbocycles. The van der Waals surface area contributed by atoms with Crippen LogP contribution in [-0.2, 0) is 17.8 Å². The molecule has 0 bridgehead atoms. The van der Waals surface area contributed by atoms with Crippen molar-refractivity contribution < 1.29 is 9.59 Å². The predicted octanol–water partition coefficient (Wildman–Crippen LogP) is 3.13. The molecule has 2 N–H and O–H groups in total. The van der Waals surface area contributed by atoms with E-state index in [1.807, 2.05) is 68.4 Å². The SMILES string of the molecule is CCc1[nH]n(-c2ccccc2)c(=O)c1/C=C1\NC(=O)N(Cc2ccc(C)cc2)C1=O. The molecule has 0 atom stereocenters. The van der Waals surface area contributed by atoms with Crippen molar-refractivity contribution in [1.29, 1.82) is 0 Å². The first-order chi connectivity index (χ1) is 14.5. The topological polar surface area (TPSA) is 87.2 Å². The third kappa shape index (κ3) is 3.57. The summed E-state index contributed by atoms with van der Waals surface area (Å²) in [5.41, 5.74) is 3.53. The minimum absolute atomic E-state index is 0.0955. The molecule has 3 amide bonds. The first-order valence-electron chi connectivity index (χ1n) is 9.77. The highest BCUT2D eigenvalue weighted by atomic mass is 16.2. The Hall–Kier alpha value is -3.87. The Morgan fingerprint density at radius 2 is 1.67 bits per heavy atom. The summed E-state index contributed by atoms with van der Waals surface area (Å²) in [6, 6.07) is 16.3. The smallest absolute Gasteiger partial charge is 0.303 e. The summed E-state index contributed by atoms with van der Waals surface area (Å²) in [6.07, 6.45) is 2.04. The Kier molecular flexibility index (Phi) is 5.10. The van der Waals surface area contributed by atoms with Crippen LogP contribution in [0.5, 0.6) is 0 Å². The van der Waals surface area contributed by atoms with Crippen LogP contribution < -0.4 is 10.9 Å². The Bertz CT molecular complexity index is 1190. The number of nitrogens with zero attached hydrogens (tertiary/aromatic N) is 2. The molecule has 1 saturated heterocycles. The molecular weight excluding hydrogens is 380 g/mol. The van der Waals surface area contributed by atoms with Crippen LogP contribution in [0.25, 0.3) is 11.8 Å². The number of aryl methyl sites for hydroxylation is 2. The van der Waals surface area contributed by atoms with Gasteiger partial charge in [0.05, 0.1) is 17.8 Å². The first kappa shape index (κ1) is 19.4. The lowest BCUT2D eigenvalue weighted by Gasteiger charge is -2.11. The number of nitrogens with one attached hydrogen (secondary N) is 2. The molecule has 0 aliphatic carbocycles. The van der Waals surface area contributed by atoms with Crippen LogP contribution in [-0.4, -0.2) is 26.6 Å². The lowest BCUT2D eigenvalue weighted by atomic mass is 10.1. The highest BCUT2D eigenvalue weighted by Crippen LogP contribution is 2.18. The summed E-state index contributed by atoms with van der Waals surface area (Å²) in [7, 11) is 0. The van der Waals surface area contributed by atoms with E-state index >= 15 is 0 Å². The lowest BCUT2D eigenvalue weighted by molar-refractivity contribution is -0.123. The predicted molar refractivity (Wildman–Crippen MR) is 114 cm³/mol. The number of carbonyl (C=O) groups is 2. The van der Waals surface area contributed by atoms with E-state index < -0.39 is 11.9 Å². The number of hydrogen-bond donors (Lipinski definition) is 2. The van der Waals surface area contributed by atoms with Crippen molar-refractivity contribution in [2.75, 3.05) is 0 Å². The molecule has 30 heavy (non-hydrogen) atoms. The molecule has 0 unspecified atom stereocenters. The van der Waals surface area contributed by atoms with Crippen molar-refractivity contribution >= 4 is 18.0 Å². The third-order valence-corrected chi connectivity index (χ3v) is 5.09. The summed E-state index contributed by atoms with van der Waals surface area (Å²) < 4.78 is 1.44. The number of para-hydroxylation sites is 1. The average Bonchev–Trinajstić information content (AvgIpc) is 3.21. The average molecular weight is 402 g/mol. The molecule has 152 valence electrons. The molecule has 0 radical (unpaired) electrons. The van der Waals surface area contributed by atoms with Gasteiger partial charge < -0.3 is 5.32 Å². The number of rotatable bonds is 5. The molecule has 1 aliphatic heterocycles. The molecule has 2 aromatic carbocycles. The third-order valence-electron chi connectivity index (χ3n) is 5.09. The normalized spacial score (nSPS) is 15.1. The van der Waals surface area contributed by atoms with Crippen LogP contribution in [0.15, 0.2) is 65.1 Å². The second-order valence-corrected chi connectivity index (χ2v) is 7.20. The van der Waals surface area contributed by atoms with Crippen molar-refractivity contribution in [2.24, 2.45) is 0 Å². The van der Waals surface area contributed by atoms with Crippen molar-refractivity contribution in [3.63, 3.8) is 0 Å². The minimum Gasteiger partial charge on any atom is -0.303 e. The summed E-state index contributed by atoms with van der Waals surface area (Å²) in [5, 5.41) is 5.69. The van der Waals surface area contributed by atoms with Crippen LogP contribution in [0.3, 0.4) is 0 Å². The molecule has 2 heterocycles. The lowest BCUT2D eigenvalue weighted by Crippen LogP contribution is -2.30. The molecular formula is C23H22N4O3. The van der Waals surface area contributed by atoms with E-state index in [4.69, 9.17) is 0 Å². The molecule has 0 spiro atoms.